The summed E-state index contributed by atoms with van der Waals surface area (Å²) >= 11 is 1.60. The summed E-state index contributed by atoms with van der Waals surface area (Å²) in [6, 6.07) is 2.78. The molecule has 0 aliphatic rings. The maximum absolute atomic E-state index is 13.2. The molecule has 0 unspecified atom stereocenters. The molecule has 0 spiro atoms. The third kappa shape index (κ3) is 1.01. The van der Waals surface area contributed by atoms with Gasteiger partial charge in [-0.15, -0.1) is 0 Å². The number of hydrogen-bond donors (Lipinski definition) is 0. The van der Waals surface area contributed by atoms with Crippen LogP contribution in [-0.4, -0.2) is 0 Å². The smallest absolute Gasteiger partial charge is 0.182 e. The van der Waals surface area contributed by atoms with E-state index in [9.17, 15) is 8.78 Å². The summed E-state index contributed by atoms with van der Waals surface area (Å²) in [7, 11) is 0. The predicted octanol–water partition coefficient (Wildman–Crippen LogP) is 3.32. The molecule has 0 saturated heterocycles. The second-order valence-electron chi connectivity index (χ2n) is 2.33. The first kappa shape index (κ1) is 7.97. The van der Waals surface area contributed by atoms with E-state index >= 15 is 0 Å². The van der Waals surface area contributed by atoms with Crippen LogP contribution >= 0.6 is 22.6 Å². The van der Waals surface area contributed by atoms with Crippen molar-refractivity contribution in [1.29, 1.82) is 0 Å². The van der Waals surface area contributed by atoms with Crippen molar-refractivity contribution in [2.24, 2.45) is 0 Å². The van der Waals surface area contributed by atoms with E-state index in [1.54, 1.807) is 22.6 Å². The largest absolute Gasteiger partial charge is 0.461 e. The molecule has 4 heteroatoms. The van der Waals surface area contributed by atoms with Gasteiger partial charge in [0.2, 0.25) is 0 Å². The quantitative estimate of drug-likeness (QED) is 0.533. The van der Waals surface area contributed by atoms with E-state index in [4.69, 9.17) is 4.42 Å². The fourth-order valence-corrected chi connectivity index (χ4v) is 1.42. The van der Waals surface area contributed by atoms with Crippen molar-refractivity contribution < 1.29 is 13.2 Å². The molecule has 2 rings (SSSR count). The molecular weight excluding hydrogens is 277 g/mol. The fourth-order valence-electron chi connectivity index (χ4n) is 1.02. The molecule has 0 N–H and O–H groups in total. The van der Waals surface area contributed by atoms with Gasteiger partial charge in [-0.05, 0) is 34.7 Å². The molecular formula is C8H3F2IO. The number of benzene rings is 1. The number of rotatable bonds is 0. The molecule has 0 amide bonds. The van der Waals surface area contributed by atoms with Gasteiger partial charge in [0.15, 0.2) is 11.4 Å². The van der Waals surface area contributed by atoms with E-state index in [1.807, 2.05) is 0 Å². The maximum Gasteiger partial charge on any atom is 0.182 e. The van der Waals surface area contributed by atoms with Gasteiger partial charge in [0.25, 0.3) is 0 Å². The summed E-state index contributed by atoms with van der Waals surface area (Å²) < 4.78 is 30.9. The van der Waals surface area contributed by atoms with Crippen molar-refractivity contribution in [2.75, 3.05) is 0 Å². The number of furan rings is 1. The van der Waals surface area contributed by atoms with Gasteiger partial charge < -0.3 is 4.42 Å². The summed E-state index contributed by atoms with van der Waals surface area (Å²) in [5, 5.41) is 0.449. The Morgan fingerprint density at radius 2 is 2.08 bits per heavy atom. The Labute approximate surface area is 80.5 Å². The second-order valence-corrected chi connectivity index (χ2v) is 3.40. The minimum atomic E-state index is -0.629. The van der Waals surface area contributed by atoms with Gasteiger partial charge in [-0.2, -0.15) is 0 Å². The molecule has 0 aliphatic heterocycles. The Kier molecular flexibility index (Phi) is 1.79. The van der Waals surface area contributed by atoms with E-state index in [0.29, 0.717) is 5.39 Å². The van der Waals surface area contributed by atoms with Crippen molar-refractivity contribution in [3.8, 4) is 0 Å². The molecule has 1 nitrogen and oxygen atoms in total. The summed E-state index contributed by atoms with van der Waals surface area (Å²) in [6.07, 6.45) is 1.34. The fraction of sp³-hybridized carbons (Fsp3) is 0. The lowest BCUT2D eigenvalue weighted by atomic mass is 10.2. The van der Waals surface area contributed by atoms with E-state index in [2.05, 4.69) is 0 Å². The van der Waals surface area contributed by atoms with Gasteiger partial charge >= 0.3 is 0 Å². The Balaban J connectivity index is 2.94. The highest BCUT2D eigenvalue weighted by Crippen LogP contribution is 2.25. The molecule has 0 fully saturated rings. The number of hydrogen-bond acceptors (Lipinski definition) is 1. The molecule has 0 saturated carbocycles. The molecule has 0 bridgehead atoms. The highest BCUT2D eigenvalue weighted by Gasteiger charge is 2.12. The molecule has 0 aliphatic carbocycles. The van der Waals surface area contributed by atoms with Crippen LogP contribution in [-0.2, 0) is 0 Å². The minimum absolute atomic E-state index is 0.0324. The molecule has 12 heavy (non-hydrogen) atoms. The highest BCUT2D eigenvalue weighted by atomic mass is 127. The lowest BCUT2D eigenvalue weighted by Gasteiger charge is -1.96. The Hall–Kier alpha value is -0.650. The van der Waals surface area contributed by atoms with E-state index < -0.39 is 11.6 Å². The lowest BCUT2D eigenvalue weighted by molar-refractivity contribution is 0.539. The first-order chi connectivity index (χ1) is 5.70. The first-order valence-corrected chi connectivity index (χ1v) is 4.28. The average Bonchev–Trinajstić information content (AvgIpc) is 2.48. The third-order valence-corrected chi connectivity index (χ3v) is 2.57. The van der Waals surface area contributed by atoms with Crippen LogP contribution in [0.3, 0.4) is 0 Å². The summed E-state index contributed by atoms with van der Waals surface area (Å²) in [6.45, 7) is 0. The van der Waals surface area contributed by atoms with Gasteiger partial charge in [0, 0.05) is 5.39 Å². The first-order valence-electron chi connectivity index (χ1n) is 3.21. The van der Waals surface area contributed by atoms with Crippen LogP contribution in [0.1, 0.15) is 0 Å². The monoisotopic (exact) mass is 280 g/mol. The highest BCUT2D eigenvalue weighted by molar-refractivity contribution is 14.1. The maximum atomic E-state index is 13.2. The van der Waals surface area contributed by atoms with E-state index in [-0.39, 0.29) is 9.15 Å². The van der Waals surface area contributed by atoms with Crippen LogP contribution in [0.25, 0.3) is 11.0 Å². The third-order valence-electron chi connectivity index (χ3n) is 1.58. The molecule has 62 valence electrons. The lowest BCUT2D eigenvalue weighted by Crippen LogP contribution is -1.87. The summed E-state index contributed by atoms with van der Waals surface area (Å²) in [4.78, 5) is 0. The van der Waals surface area contributed by atoms with Crippen LogP contribution in [0.5, 0.6) is 0 Å². The van der Waals surface area contributed by atoms with Crippen LogP contribution in [0, 0.1) is 15.2 Å². The minimum Gasteiger partial charge on any atom is -0.461 e. The standard InChI is InChI=1S/C8H3F2IO/c9-5-3-4-1-2-12-8(4)6(10)7(5)11/h1-3H. The van der Waals surface area contributed by atoms with Gasteiger partial charge in [-0.3, -0.25) is 0 Å². The molecule has 0 atom stereocenters. The zero-order valence-electron chi connectivity index (χ0n) is 5.77. The van der Waals surface area contributed by atoms with Crippen LogP contribution < -0.4 is 0 Å². The zero-order chi connectivity index (χ0) is 8.72. The molecule has 2 aromatic rings. The summed E-state index contributed by atoms with van der Waals surface area (Å²) in [5.41, 5.74) is 0.112. The van der Waals surface area contributed by atoms with Crippen LogP contribution in [0.4, 0.5) is 8.78 Å². The predicted molar refractivity (Wildman–Crippen MR) is 48.8 cm³/mol. The SMILES string of the molecule is Fc1cc2ccoc2c(F)c1I. The van der Waals surface area contributed by atoms with E-state index in [1.165, 1.54) is 18.4 Å². The van der Waals surface area contributed by atoms with Crippen molar-refractivity contribution >= 4 is 33.6 Å². The van der Waals surface area contributed by atoms with E-state index in [0.717, 1.165) is 0 Å². The Morgan fingerprint density at radius 1 is 1.33 bits per heavy atom. The topological polar surface area (TPSA) is 13.1 Å². The molecule has 1 aromatic carbocycles. The van der Waals surface area contributed by atoms with Crippen LogP contribution in [0.15, 0.2) is 22.8 Å². The van der Waals surface area contributed by atoms with Gasteiger partial charge in [-0.25, -0.2) is 8.78 Å². The van der Waals surface area contributed by atoms with Gasteiger partial charge in [0.05, 0.1) is 9.83 Å². The van der Waals surface area contributed by atoms with Crippen molar-refractivity contribution in [3.63, 3.8) is 0 Å². The normalized spacial score (nSPS) is 10.9. The number of fused-ring (bicyclic) bond motifs is 1. The molecule has 1 aromatic heterocycles. The molecule has 1 heterocycles. The second kappa shape index (κ2) is 2.69. The van der Waals surface area contributed by atoms with Gasteiger partial charge in [-0.1, -0.05) is 0 Å². The van der Waals surface area contributed by atoms with Crippen molar-refractivity contribution in [3.05, 3.63) is 33.6 Å². The Morgan fingerprint density at radius 3 is 2.83 bits per heavy atom. The summed E-state index contributed by atoms with van der Waals surface area (Å²) in [5.74, 6) is -1.18. The molecule has 0 radical (unpaired) electrons. The van der Waals surface area contributed by atoms with Crippen LogP contribution in [0.2, 0.25) is 0 Å². The number of halogens is 3. The zero-order valence-corrected chi connectivity index (χ0v) is 7.93. The van der Waals surface area contributed by atoms with Crippen molar-refractivity contribution in [2.45, 2.75) is 0 Å². The Bertz CT molecular complexity index is 436. The van der Waals surface area contributed by atoms with Crippen molar-refractivity contribution in [1.82, 2.24) is 0 Å². The average molecular weight is 280 g/mol. The van der Waals surface area contributed by atoms with Gasteiger partial charge in [0.1, 0.15) is 5.82 Å².